The average Bonchev–Trinajstić information content (AvgIpc) is 2.45. The first-order chi connectivity index (χ1) is 9.22. The van der Waals surface area contributed by atoms with Crippen molar-refractivity contribution in [2.75, 3.05) is 19.0 Å². The second-order valence-electron chi connectivity index (χ2n) is 4.13. The lowest BCUT2D eigenvalue weighted by Gasteiger charge is -2.17. The Morgan fingerprint density at radius 1 is 1.26 bits per heavy atom. The second-order valence-corrected chi connectivity index (χ2v) is 4.13. The predicted molar refractivity (Wildman–Crippen MR) is 73.2 cm³/mol. The van der Waals surface area contributed by atoms with Crippen LogP contribution < -0.4 is 10.1 Å². The first-order valence-electron chi connectivity index (χ1n) is 6.05. The first kappa shape index (κ1) is 13.3. The van der Waals surface area contributed by atoms with E-state index in [2.05, 4.69) is 15.3 Å². The van der Waals surface area contributed by atoms with Crippen LogP contribution in [0.5, 0.6) is 5.88 Å². The summed E-state index contributed by atoms with van der Waals surface area (Å²) in [6, 6.07) is 11.2. The Morgan fingerprint density at radius 3 is 2.63 bits per heavy atom. The second kappa shape index (κ2) is 6.15. The van der Waals surface area contributed by atoms with E-state index in [1.54, 1.807) is 20.1 Å². The van der Waals surface area contributed by atoms with Crippen LogP contribution in [0.2, 0.25) is 0 Å². The highest BCUT2D eigenvalue weighted by molar-refractivity contribution is 5.41. The van der Waals surface area contributed by atoms with Gasteiger partial charge in [0.15, 0.2) is 0 Å². The third-order valence-corrected chi connectivity index (χ3v) is 2.73. The van der Waals surface area contributed by atoms with Gasteiger partial charge in [0.05, 0.1) is 19.8 Å². The molecular formula is C14H17N3O2. The Balaban J connectivity index is 2.21. The van der Waals surface area contributed by atoms with Crippen LogP contribution in [0.4, 0.5) is 5.82 Å². The molecule has 0 saturated heterocycles. The molecule has 1 aromatic heterocycles. The monoisotopic (exact) mass is 259 g/mol. The highest BCUT2D eigenvalue weighted by Gasteiger charge is 2.11. The number of rotatable bonds is 5. The maximum Gasteiger partial charge on any atom is 0.218 e. The van der Waals surface area contributed by atoms with Gasteiger partial charge in [-0.2, -0.15) is 4.98 Å². The Labute approximate surface area is 112 Å². The normalized spacial score (nSPS) is 11.9. The average molecular weight is 259 g/mol. The van der Waals surface area contributed by atoms with Gasteiger partial charge in [-0.05, 0) is 12.5 Å². The van der Waals surface area contributed by atoms with Gasteiger partial charge in [-0.3, -0.25) is 0 Å². The van der Waals surface area contributed by atoms with Gasteiger partial charge in [0.1, 0.15) is 11.6 Å². The summed E-state index contributed by atoms with van der Waals surface area (Å²) in [4.78, 5) is 8.40. The first-order valence-corrected chi connectivity index (χ1v) is 6.05. The molecule has 0 bridgehead atoms. The van der Waals surface area contributed by atoms with Crippen molar-refractivity contribution in [3.05, 3.63) is 47.8 Å². The molecule has 0 amide bonds. The molecule has 1 atom stereocenters. The van der Waals surface area contributed by atoms with Crippen LogP contribution in [0.25, 0.3) is 0 Å². The minimum Gasteiger partial charge on any atom is -0.481 e. The summed E-state index contributed by atoms with van der Waals surface area (Å²) in [5.41, 5.74) is 1.00. The molecule has 0 aliphatic carbocycles. The molecule has 2 rings (SSSR count). The van der Waals surface area contributed by atoms with Crippen LogP contribution in [-0.2, 0) is 0 Å². The van der Waals surface area contributed by atoms with Crippen LogP contribution in [0.3, 0.4) is 0 Å². The Hall–Kier alpha value is -2.14. The van der Waals surface area contributed by atoms with Gasteiger partial charge in [-0.1, -0.05) is 30.3 Å². The van der Waals surface area contributed by atoms with E-state index in [1.165, 1.54) is 0 Å². The van der Waals surface area contributed by atoms with E-state index in [4.69, 9.17) is 4.74 Å². The number of aromatic nitrogens is 2. The Kier molecular flexibility index (Phi) is 4.30. The zero-order valence-corrected chi connectivity index (χ0v) is 11.0. The number of hydrogen-bond acceptors (Lipinski definition) is 5. The van der Waals surface area contributed by atoms with Crippen molar-refractivity contribution in [2.24, 2.45) is 0 Å². The summed E-state index contributed by atoms with van der Waals surface area (Å²) in [6.07, 6.45) is 0. The molecule has 2 aromatic rings. The zero-order chi connectivity index (χ0) is 13.7. The van der Waals surface area contributed by atoms with Crippen molar-refractivity contribution in [2.45, 2.75) is 13.0 Å². The summed E-state index contributed by atoms with van der Waals surface area (Å²) < 4.78 is 5.10. The number of methoxy groups -OCH3 is 1. The SMILES string of the molecule is COc1cc(NC(CO)c2ccccc2)nc(C)n1. The van der Waals surface area contributed by atoms with Crippen LogP contribution in [0, 0.1) is 6.92 Å². The van der Waals surface area contributed by atoms with Gasteiger partial charge in [0.25, 0.3) is 0 Å². The fourth-order valence-corrected chi connectivity index (χ4v) is 1.82. The minimum absolute atomic E-state index is 0.0185. The molecule has 0 aliphatic heterocycles. The third kappa shape index (κ3) is 3.42. The van der Waals surface area contributed by atoms with Crippen molar-refractivity contribution in [3.8, 4) is 5.88 Å². The minimum atomic E-state index is -0.208. The van der Waals surface area contributed by atoms with Crippen LogP contribution in [-0.4, -0.2) is 28.8 Å². The van der Waals surface area contributed by atoms with Gasteiger partial charge < -0.3 is 15.2 Å². The number of aliphatic hydroxyl groups is 1. The maximum atomic E-state index is 9.50. The van der Waals surface area contributed by atoms with Gasteiger partial charge in [0.2, 0.25) is 5.88 Å². The van der Waals surface area contributed by atoms with E-state index in [0.29, 0.717) is 17.5 Å². The molecule has 2 N–H and O–H groups in total. The fraction of sp³-hybridized carbons (Fsp3) is 0.286. The molecule has 0 radical (unpaired) electrons. The summed E-state index contributed by atoms with van der Waals surface area (Å²) >= 11 is 0. The topological polar surface area (TPSA) is 67.3 Å². The van der Waals surface area contributed by atoms with Gasteiger partial charge in [-0.25, -0.2) is 4.98 Å². The van der Waals surface area contributed by atoms with E-state index in [1.807, 2.05) is 30.3 Å². The summed E-state index contributed by atoms with van der Waals surface area (Å²) in [5.74, 6) is 1.75. The fourth-order valence-electron chi connectivity index (χ4n) is 1.82. The zero-order valence-electron chi connectivity index (χ0n) is 11.0. The van der Waals surface area contributed by atoms with Gasteiger partial charge >= 0.3 is 0 Å². The number of hydrogen-bond donors (Lipinski definition) is 2. The molecule has 0 fully saturated rings. The lowest BCUT2D eigenvalue weighted by molar-refractivity contribution is 0.276. The van der Waals surface area contributed by atoms with E-state index < -0.39 is 0 Å². The number of ether oxygens (including phenoxy) is 1. The molecule has 0 saturated carbocycles. The van der Waals surface area contributed by atoms with Crippen molar-refractivity contribution < 1.29 is 9.84 Å². The Morgan fingerprint density at radius 2 is 2.00 bits per heavy atom. The molecule has 5 nitrogen and oxygen atoms in total. The number of nitrogens with one attached hydrogen (secondary N) is 1. The predicted octanol–water partition coefficient (Wildman–Crippen LogP) is 1.94. The number of benzene rings is 1. The van der Waals surface area contributed by atoms with Crippen molar-refractivity contribution in [1.29, 1.82) is 0 Å². The Bertz CT molecular complexity index is 531. The van der Waals surface area contributed by atoms with Crippen molar-refractivity contribution in [1.82, 2.24) is 9.97 Å². The van der Waals surface area contributed by atoms with Crippen molar-refractivity contribution >= 4 is 5.82 Å². The van der Waals surface area contributed by atoms with Crippen LogP contribution >= 0.6 is 0 Å². The van der Waals surface area contributed by atoms with Gasteiger partial charge in [-0.15, -0.1) is 0 Å². The van der Waals surface area contributed by atoms with Crippen LogP contribution in [0.15, 0.2) is 36.4 Å². The van der Waals surface area contributed by atoms with E-state index in [-0.39, 0.29) is 12.6 Å². The number of aliphatic hydroxyl groups excluding tert-OH is 1. The van der Waals surface area contributed by atoms with E-state index >= 15 is 0 Å². The molecule has 5 heteroatoms. The molecule has 1 heterocycles. The van der Waals surface area contributed by atoms with Crippen LogP contribution in [0.1, 0.15) is 17.4 Å². The maximum absolute atomic E-state index is 9.50. The number of anilines is 1. The van der Waals surface area contributed by atoms with E-state index in [0.717, 1.165) is 5.56 Å². The highest BCUT2D eigenvalue weighted by Crippen LogP contribution is 2.20. The molecular weight excluding hydrogens is 242 g/mol. The molecule has 0 spiro atoms. The smallest absolute Gasteiger partial charge is 0.218 e. The molecule has 100 valence electrons. The molecule has 19 heavy (non-hydrogen) atoms. The lowest BCUT2D eigenvalue weighted by Crippen LogP contribution is -2.16. The summed E-state index contributed by atoms with van der Waals surface area (Å²) in [5, 5.41) is 12.7. The molecule has 1 aromatic carbocycles. The van der Waals surface area contributed by atoms with E-state index in [9.17, 15) is 5.11 Å². The summed E-state index contributed by atoms with van der Waals surface area (Å²) in [6.45, 7) is 1.78. The van der Waals surface area contributed by atoms with Crippen molar-refractivity contribution in [3.63, 3.8) is 0 Å². The molecule has 1 unspecified atom stereocenters. The number of nitrogens with zero attached hydrogens (tertiary/aromatic N) is 2. The number of aryl methyl sites for hydroxylation is 1. The lowest BCUT2D eigenvalue weighted by atomic mass is 10.1. The summed E-state index contributed by atoms with van der Waals surface area (Å²) in [7, 11) is 1.56. The third-order valence-electron chi connectivity index (χ3n) is 2.73. The molecule has 0 aliphatic rings. The quantitative estimate of drug-likeness (QED) is 0.859. The largest absolute Gasteiger partial charge is 0.481 e. The van der Waals surface area contributed by atoms with Gasteiger partial charge in [0, 0.05) is 6.07 Å². The standard InChI is InChI=1S/C14H17N3O2/c1-10-15-13(8-14(16-10)19-2)17-12(9-18)11-6-4-3-5-7-11/h3-8,12,18H,9H2,1-2H3,(H,15,16,17). The highest BCUT2D eigenvalue weighted by atomic mass is 16.5.